The molecule has 2 aromatic carbocycles. The van der Waals surface area contributed by atoms with Crippen LogP contribution in [0.4, 0.5) is 5.69 Å². The fourth-order valence-electron chi connectivity index (χ4n) is 3.86. The standard InChI is InChI=1S/C23H23NO7S2/c1-28-14-5-7-15(8-6-14)33(26,27)19-12-32-23-16(11-20(25)24-21(19)23)13-9-17(29-2)22(31-4)18(10-13)30-3/h5-10,12,16H,11H2,1-4H3,(H,24,25). The molecule has 0 aliphatic carbocycles. The van der Waals surface area contributed by atoms with E-state index in [0.717, 1.165) is 10.4 Å². The molecule has 1 aliphatic heterocycles. The second-order valence-corrected chi connectivity index (χ2v) is 10.1. The van der Waals surface area contributed by atoms with E-state index in [1.165, 1.54) is 51.9 Å². The molecule has 0 spiro atoms. The first-order valence-electron chi connectivity index (χ1n) is 9.94. The number of anilines is 1. The zero-order chi connectivity index (χ0) is 23.8. The molecule has 0 bridgehead atoms. The first-order valence-corrected chi connectivity index (χ1v) is 12.3. The van der Waals surface area contributed by atoms with E-state index in [2.05, 4.69) is 5.32 Å². The summed E-state index contributed by atoms with van der Waals surface area (Å²) in [6.07, 6.45) is 0.161. The third kappa shape index (κ3) is 4.00. The Morgan fingerprint density at radius 2 is 1.58 bits per heavy atom. The van der Waals surface area contributed by atoms with Gasteiger partial charge in [0.1, 0.15) is 10.6 Å². The van der Waals surface area contributed by atoms with Gasteiger partial charge >= 0.3 is 0 Å². The van der Waals surface area contributed by atoms with Gasteiger partial charge in [-0.25, -0.2) is 8.42 Å². The van der Waals surface area contributed by atoms with Gasteiger partial charge in [0.15, 0.2) is 11.5 Å². The maximum Gasteiger partial charge on any atom is 0.225 e. The zero-order valence-electron chi connectivity index (χ0n) is 18.5. The Morgan fingerprint density at radius 3 is 2.12 bits per heavy atom. The summed E-state index contributed by atoms with van der Waals surface area (Å²) in [5.74, 6) is 1.28. The van der Waals surface area contributed by atoms with Crippen LogP contribution in [0.15, 0.2) is 51.6 Å². The topological polar surface area (TPSA) is 100 Å². The third-order valence-electron chi connectivity index (χ3n) is 5.50. The summed E-state index contributed by atoms with van der Waals surface area (Å²) >= 11 is 1.29. The zero-order valence-corrected chi connectivity index (χ0v) is 20.1. The van der Waals surface area contributed by atoms with E-state index in [-0.39, 0.29) is 28.0 Å². The number of carbonyl (C=O) groups excluding carboxylic acids is 1. The van der Waals surface area contributed by atoms with Crippen molar-refractivity contribution in [2.45, 2.75) is 22.1 Å². The van der Waals surface area contributed by atoms with E-state index in [1.807, 2.05) is 0 Å². The number of methoxy groups -OCH3 is 4. The van der Waals surface area contributed by atoms with Crippen molar-refractivity contribution in [3.05, 3.63) is 52.2 Å². The van der Waals surface area contributed by atoms with Crippen molar-refractivity contribution >= 4 is 32.8 Å². The van der Waals surface area contributed by atoms with E-state index < -0.39 is 9.84 Å². The summed E-state index contributed by atoms with van der Waals surface area (Å²) in [5, 5.41) is 4.34. The molecule has 1 aromatic heterocycles. The molecule has 1 unspecified atom stereocenters. The van der Waals surface area contributed by atoms with Gasteiger partial charge in [-0.1, -0.05) is 0 Å². The van der Waals surface area contributed by atoms with Crippen molar-refractivity contribution in [3.63, 3.8) is 0 Å². The number of sulfone groups is 1. The highest BCUT2D eigenvalue weighted by molar-refractivity contribution is 7.91. The molecule has 4 rings (SSSR count). The summed E-state index contributed by atoms with van der Waals surface area (Å²) in [6.45, 7) is 0. The fourth-order valence-corrected chi connectivity index (χ4v) is 6.76. The SMILES string of the molecule is COc1ccc(S(=O)(=O)c2csc3c2NC(=O)CC3c2cc(OC)c(OC)c(OC)c2)cc1. The predicted octanol–water partition coefficient (Wildman–Crippen LogP) is 4.09. The number of hydrogen-bond acceptors (Lipinski definition) is 8. The molecule has 1 aliphatic rings. The van der Waals surface area contributed by atoms with Gasteiger partial charge in [0, 0.05) is 22.6 Å². The number of benzene rings is 2. The van der Waals surface area contributed by atoms with Crippen molar-refractivity contribution in [1.82, 2.24) is 0 Å². The number of rotatable bonds is 7. The number of hydrogen-bond donors (Lipinski definition) is 1. The number of fused-ring (bicyclic) bond motifs is 1. The molecule has 0 fully saturated rings. The maximum atomic E-state index is 13.4. The van der Waals surface area contributed by atoms with Gasteiger partial charge < -0.3 is 24.3 Å². The number of ether oxygens (including phenoxy) is 4. The molecular formula is C23H23NO7S2. The lowest BCUT2D eigenvalue weighted by molar-refractivity contribution is -0.116. The minimum atomic E-state index is -3.86. The average molecular weight is 490 g/mol. The molecule has 174 valence electrons. The lowest BCUT2D eigenvalue weighted by Gasteiger charge is -2.25. The Kier molecular flexibility index (Phi) is 6.22. The smallest absolute Gasteiger partial charge is 0.225 e. The minimum absolute atomic E-state index is 0.0677. The van der Waals surface area contributed by atoms with Gasteiger partial charge in [-0.05, 0) is 42.0 Å². The third-order valence-corrected chi connectivity index (χ3v) is 8.54. The van der Waals surface area contributed by atoms with Gasteiger partial charge in [0.25, 0.3) is 0 Å². The number of amides is 1. The van der Waals surface area contributed by atoms with E-state index in [0.29, 0.717) is 28.7 Å². The second-order valence-electron chi connectivity index (χ2n) is 7.28. The first kappa shape index (κ1) is 22.9. The largest absolute Gasteiger partial charge is 0.497 e. The Morgan fingerprint density at radius 1 is 0.939 bits per heavy atom. The van der Waals surface area contributed by atoms with E-state index >= 15 is 0 Å². The predicted molar refractivity (Wildman–Crippen MR) is 124 cm³/mol. The quantitative estimate of drug-likeness (QED) is 0.534. The van der Waals surface area contributed by atoms with Crippen molar-refractivity contribution in [2.24, 2.45) is 0 Å². The monoisotopic (exact) mass is 489 g/mol. The van der Waals surface area contributed by atoms with Crippen molar-refractivity contribution in [1.29, 1.82) is 0 Å². The van der Waals surface area contributed by atoms with Gasteiger partial charge in [0.05, 0.1) is 39.0 Å². The van der Waals surface area contributed by atoms with Gasteiger partial charge in [0.2, 0.25) is 21.5 Å². The maximum absolute atomic E-state index is 13.4. The number of nitrogens with one attached hydrogen (secondary N) is 1. The Labute approximate surface area is 196 Å². The van der Waals surface area contributed by atoms with E-state index in [1.54, 1.807) is 29.6 Å². The molecule has 1 N–H and O–H groups in total. The van der Waals surface area contributed by atoms with Crippen LogP contribution in [0.2, 0.25) is 0 Å². The summed E-state index contributed by atoms with van der Waals surface area (Å²) in [5.41, 5.74) is 1.07. The van der Waals surface area contributed by atoms with Crippen LogP contribution >= 0.6 is 11.3 Å². The highest BCUT2D eigenvalue weighted by Crippen LogP contribution is 2.48. The van der Waals surface area contributed by atoms with E-state index in [9.17, 15) is 13.2 Å². The highest BCUT2D eigenvalue weighted by atomic mass is 32.2. The van der Waals surface area contributed by atoms with Crippen molar-refractivity contribution < 1.29 is 32.2 Å². The van der Waals surface area contributed by atoms with Crippen LogP contribution in [0.5, 0.6) is 23.0 Å². The Hall–Kier alpha value is -3.24. The van der Waals surface area contributed by atoms with Crippen LogP contribution in [0.1, 0.15) is 22.8 Å². The van der Waals surface area contributed by atoms with Gasteiger partial charge in [-0.15, -0.1) is 11.3 Å². The molecule has 0 saturated carbocycles. The molecule has 8 nitrogen and oxygen atoms in total. The number of carbonyl (C=O) groups is 1. The van der Waals surface area contributed by atoms with Crippen LogP contribution in [0.25, 0.3) is 0 Å². The van der Waals surface area contributed by atoms with Crippen molar-refractivity contribution in [2.75, 3.05) is 33.8 Å². The molecule has 0 radical (unpaired) electrons. The molecule has 1 atom stereocenters. The molecule has 10 heteroatoms. The molecular weight excluding hydrogens is 466 g/mol. The van der Waals surface area contributed by atoms with Crippen LogP contribution in [-0.4, -0.2) is 42.8 Å². The van der Waals surface area contributed by atoms with Gasteiger partial charge in [-0.3, -0.25) is 4.79 Å². The summed E-state index contributed by atoms with van der Waals surface area (Å²) in [4.78, 5) is 13.6. The average Bonchev–Trinajstić information content (AvgIpc) is 3.27. The van der Waals surface area contributed by atoms with Crippen molar-refractivity contribution in [3.8, 4) is 23.0 Å². The van der Waals surface area contributed by atoms with E-state index in [4.69, 9.17) is 18.9 Å². The van der Waals surface area contributed by atoms with Gasteiger partial charge in [-0.2, -0.15) is 0 Å². The lowest BCUT2D eigenvalue weighted by atomic mass is 9.90. The summed E-state index contributed by atoms with van der Waals surface area (Å²) in [6, 6.07) is 9.71. The minimum Gasteiger partial charge on any atom is -0.497 e. The normalized spacial score (nSPS) is 15.4. The Bertz CT molecular complexity index is 1270. The highest BCUT2D eigenvalue weighted by Gasteiger charge is 2.35. The summed E-state index contributed by atoms with van der Waals surface area (Å²) in [7, 11) is 2.21. The molecule has 3 aromatic rings. The second kappa shape index (κ2) is 8.95. The lowest BCUT2D eigenvalue weighted by Crippen LogP contribution is -2.23. The summed E-state index contributed by atoms with van der Waals surface area (Å²) < 4.78 is 48.1. The molecule has 2 heterocycles. The Balaban J connectivity index is 1.82. The van der Waals surface area contributed by atoms with Crippen LogP contribution in [-0.2, 0) is 14.6 Å². The molecule has 33 heavy (non-hydrogen) atoms. The molecule has 0 saturated heterocycles. The first-order chi connectivity index (χ1) is 15.8. The number of thiophene rings is 1. The fraction of sp³-hybridized carbons (Fsp3) is 0.261. The van der Waals surface area contributed by atoms with Crippen LogP contribution in [0.3, 0.4) is 0 Å². The van der Waals surface area contributed by atoms with Crippen LogP contribution in [0, 0.1) is 0 Å². The molecule has 1 amide bonds. The van der Waals surface area contributed by atoms with Crippen LogP contribution < -0.4 is 24.3 Å².